The van der Waals surface area contributed by atoms with Crippen molar-refractivity contribution >= 4 is 5.91 Å². The summed E-state index contributed by atoms with van der Waals surface area (Å²) >= 11 is 0. The Balaban J connectivity index is 2.13. The van der Waals surface area contributed by atoms with E-state index in [0.717, 1.165) is 0 Å². The number of allylic oxidation sites excluding steroid dienone is 2. The largest absolute Gasteiger partial charge is 0.365 e. The van der Waals surface area contributed by atoms with Gasteiger partial charge in [0, 0.05) is 24.2 Å². The number of nitrogens with one attached hydrogen (secondary N) is 1. The molecule has 0 aromatic carbocycles. The van der Waals surface area contributed by atoms with Gasteiger partial charge in [-0.15, -0.1) is 5.11 Å². The van der Waals surface area contributed by atoms with Crippen molar-refractivity contribution < 1.29 is 4.79 Å². The fourth-order valence-electron chi connectivity index (χ4n) is 1.86. The maximum absolute atomic E-state index is 11.4. The summed E-state index contributed by atoms with van der Waals surface area (Å²) in [5, 5.41) is 10.6. The summed E-state index contributed by atoms with van der Waals surface area (Å²) in [5.74, 6) is -0.238. The van der Waals surface area contributed by atoms with E-state index in [0.29, 0.717) is 5.57 Å². The minimum absolute atomic E-state index is 0.0324. The van der Waals surface area contributed by atoms with E-state index in [4.69, 9.17) is 0 Å². The number of carbonyl (C=O) groups excluding carboxylic acids is 1. The van der Waals surface area contributed by atoms with Crippen LogP contribution in [0.5, 0.6) is 0 Å². The first-order valence-electron chi connectivity index (χ1n) is 4.40. The van der Waals surface area contributed by atoms with Gasteiger partial charge in [-0.3, -0.25) is 4.79 Å². The van der Waals surface area contributed by atoms with E-state index in [9.17, 15) is 4.79 Å². The van der Waals surface area contributed by atoms with Crippen LogP contribution in [0.2, 0.25) is 0 Å². The van der Waals surface area contributed by atoms with E-state index < -0.39 is 0 Å². The van der Waals surface area contributed by atoms with Gasteiger partial charge in [0.15, 0.2) is 6.17 Å². The fraction of sp³-hybridized carbons (Fsp3) is 0.222. The van der Waals surface area contributed by atoms with Crippen LogP contribution in [0.4, 0.5) is 0 Å². The number of carbonyl (C=O) groups is 1. The molecule has 3 aliphatic rings. The van der Waals surface area contributed by atoms with Gasteiger partial charge >= 0.3 is 0 Å². The Bertz CT molecular complexity index is 407. The topological polar surface area (TPSA) is 57.1 Å². The van der Waals surface area contributed by atoms with E-state index in [1.165, 1.54) is 0 Å². The second-order valence-electron chi connectivity index (χ2n) is 3.30. The molecule has 0 aromatic rings. The van der Waals surface area contributed by atoms with Crippen molar-refractivity contribution in [2.75, 3.05) is 0 Å². The summed E-state index contributed by atoms with van der Waals surface area (Å²) in [7, 11) is 0. The number of hydrogen-bond donors (Lipinski definition) is 1. The van der Waals surface area contributed by atoms with Crippen LogP contribution < -0.4 is 5.32 Å². The van der Waals surface area contributed by atoms with Gasteiger partial charge in [0.2, 0.25) is 0 Å². The van der Waals surface area contributed by atoms with E-state index in [-0.39, 0.29) is 18.1 Å². The molecular formula is C9H8N4O. The third kappa shape index (κ3) is 0.863. The minimum Gasteiger partial charge on any atom is -0.365 e. The van der Waals surface area contributed by atoms with Crippen molar-refractivity contribution in [3.8, 4) is 0 Å². The predicted molar refractivity (Wildman–Crippen MR) is 48.8 cm³/mol. The van der Waals surface area contributed by atoms with Crippen molar-refractivity contribution in [3.05, 3.63) is 36.3 Å². The number of amides is 1. The summed E-state index contributed by atoms with van der Waals surface area (Å²) in [6.07, 6.45) is 9.12. The Morgan fingerprint density at radius 2 is 2.36 bits per heavy atom. The molecule has 0 bridgehead atoms. The SMILES string of the molecule is O=C1N=NC2NC=CN3C=CC=C1C23. The van der Waals surface area contributed by atoms with Crippen LogP contribution in [-0.4, -0.2) is 23.0 Å². The molecule has 14 heavy (non-hydrogen) atoms. The summed E-state index contributed by atoms with van der Waals surface area (Å²) in [5.41, 5.74) is 0.698. The van der Waals surface area contributed by atoms with Gasteiger partial charge in [-0.25, -0.2) is 0 Å². The molecule has 0 spiro atoms. The van der Waals surface area contributed by atoms with Gasteiger partial charge in [-0.1, -0.05) is 0 Å². The first-order chi connectivity index (χ1) is 6.86. The average Bonchev–Trinajstić information content (AvgIpc) is 2.24. The molecule has 3 heterocycles. The van der Waals surface area contributed by atoms with Crippen LogP contribution in [0.25, 0.3) is 0 Å². The van der Waals surface area contributed by atoms with Crippen molar-refractivity contribution in [1.82, 2.24) is 10.2 Å². The third-order valence-electron chi connectivity index (χ3n) is 2.51. The molecule has 5 heteroatoms. The number of azo groups is 1. The molecule has 0 aromatic heterocycles. The molecular weight excluding hydrogens is 180 g/mol. The van der Waals surface area contributed by atoms with Gasteiger partial charge in [0.25, 0.3) is 5.91 Å². The first kappa shape index (κ1) is 7.49. The number of nitrogens with zero attached hydrogens (tertiary/aromatic N) is 3. The Hall–Kier alpha value is -1.91. The quantitative estimate of drug-likeness (QED) is 0.602. The Morgan fingerprint density at radius 3 is 3.29 bits per heavy atom. The standard InChI is InChI=1S/C9H8N4O/c14-9-6-2-1-4-13-5-3-10-8(7(6)13)11-12-9/h1-5,7-8,10H. The van der Waals surface area contributed by atoms with Crippen molar-refractivity contribution in [3.63, 3.8) is 0 Å². The maximum atomic E-state index is 11.4. The van der Waals surface area contributed by atoms with Crippen LogP contribution in [0.1, 0.15) is 0 Å². The van der Waals surface area contributed by atoms with Gasteiger partial charge in [-0.2, -0.15) is 5.11 Å². The van der Waals surface area contributed by atoms with Crippen LogP contribution in [0.15, 0.2) is 46.6 Å². The Labute approximate surface area is 80.5 Å². The third-order valence-corrected chi connectivity index (χ3v) is 2.51. The molecule has 3 aliphatic heterocycles. The van der Waals surface area contributed by atoms with Gasteiger partial charge < -0.3 is 10.2 Å². The molecule has 0 saturated heterocycles. The molecule has 0 aliphatic carbocycles. The highest BCUT2D eigenvalue weighted by Crippen LogP contribution is 2.27. The van der Waals surface area contributed by atoms with E-state index in [1.54, 1.807) is 6.08 Å². The lowest BCUT2D eigenvalue weighted by Gasteiger charge is -2.38. The van der Waals surface area contributed by atoms with Crippen molar-refractivity contribution in [2.45, 2.75) is 12.2 Å². The molecule has 3 rings (SSSR count). The smallest absolute Gasteiger partial charge is 0.293 e. The second kappa shape index (κ2) is 2.54. The second-order valence-corrected chi connectivity index (χ2v) is 3.30. The highest BCUT2D eigenvalue weighted by atomic mass is 16.2. The van der Waals surface area contributed by atoms with Gasteiger partial charge in [0.1, 0.15) is 6.04 Å². The number of hydrogen-bond acceptors (Lipinski definition) is 4. The zero-order valence-corrected chi connectivity index (χ0v) is 7.29. The van der Waals surface area contributed by atoms with Crippen molar-refractivity contribution in [1.29, 1.82) is 0 Å². The van der Waals surface area contributed by atoms with Crippen LogP contribution >= 0.6 is 0 Å². The van der Waals surface area contributed by atoms with Gasteiger partial charge in [-0.05, 0) is 12.2 Å². The lowest BCUT2D eigenvalue weighted by Crippen LogP contribution is -2.51. The first-order valence-corrected chi connectivity index (χ1v) is 4.40. The summed E-state index contributed by atoms with van der Waals surface area (Å²) in [6, 6.07) is -0.0324. The zero-order chi connectivity index (χ0) is 9.54. The molecule has 0 saturated carbocycles. The highest BCUT2D eigenvalue weighted by Gasteiger charge is 2.38. The molecule has 1 amide bonds. The molecule has 2 atom stereocenters. The zero-order valence-electron chi connectivity index (χ0n) is 7.29. The summed E-state index contributed by atoms with van der Waals surface area (Å²) in [4.78, 5) is 13.4. The van der Waals surface area contributed by atoms with E-state index in [2.05, 4.69) is 15.5 Å². The van der Waals surface area contributed by atoms with Gasteiger partial charge in [0.05, 0.1) is 0 Å². The molecule has 70 valence electrons. The van der Waals surface area contributed by atoms with Crippen LogP contribution in [0, 0.1) is 0 Å². The fourth-order valence-corrected chi connectivity index (χ4v) is 1.86. The number of rotatable bonds is 0. The average molecular weight is 188 g/mol. The Kier molecular flexibility index (Phi) is 1.36. The minimum atomic E-state index is -0.238. The summed E-state index contributed by atoms with van der Waals surface area (Å²) < 4.78 is 0. The monoisotopic (exact) mass is 188 g/mol. The molecule has 1 N–H and O–H groups in total. The maximum Gasteiger partial charge on any atom is 0.293 e. The van der Waals surface area contributed by atoms with E-state index in [1.807, 2.05) is 29.6 Å². The normalized spacial score (nSPS) is 32.4. The van der Waals surface area contributed by atoms with Crippen molar-refractivity contribution in [2.24, 2.45) is 10.2 Å². The molecule has 0 radical (unpaired) electrons. The van der Waals surface area contributed by atoms with Crippen LogP contribution in [0.3, 0.4) is 0 Å². The molecule has 5 nitrogen and oxygen atoms in total. The highest BCUT2D eigenvalue weighted by molar-refractivity contribution is 5.96. The summed E-state index contributed by atoms with van der Waals surface area (Å²) in [6.45, 7) is 0. The predicted octanol–water partition coefficient (Wildman–Crippen LogP) is 0.504. The van der Waals surface area contributed by atoms with Crippen LogP contribution in [-0.2, 0) is 4.79 Å². The van der Waals surface area contributed by atoms with E-state index >= 15 is 0 Å². The lowest BCUT2D eigenvalue weighted by atomic mass is 9.97. The molecule has 0 fully saturated rings. The molecule has 2 unspecified atom stereocenters. The lowest BCUT2D eigenvalue weighted by molar-refractivity contribution is -0.116. The Morgan fingerprint density at radius 1 is 1.43 bits per heavy atom.